The molecule has 0 aliphatic carbocycles. The van der Waals surface area contributed by atoms with E-state index in [1.807, 2.05) is 0 Å². The van der Waals surface area contributed by atoms with E-state index in [9.17, 15) is 4.79 Å². The van der Waals surface area contributed by atoms with Gasteiger partial charge in [0.1, 0.15) is 0 Å². The molecule has 0 spiro atoms. The van der Waals surface area contributed by atoms with Crippen molar-refractivity contribution in [2.24, 2.45) is 0 Å². The average Bonchev–Trinajstić information content (AvgIpc) is 2.37. The summed E-state index contributed by atoms with van der Waals surface area (Å²) in [5, 5.41) is 6.15. The highest BCUT2D eigenvalue weighted by Crippen LogP contribution is 2.06. The summed E-state index contributed by atoms with van der Waals surface area (Å²) in [6.45, 7) is 4.01. The Morgan fingerprint density at radius 2 is 2.12 bits per heavy atom. The number of hydrogen-bond donors (Lipinski definition) is 2. The molecular formula is C12H24N2O3. The molecule has 0 aromatic heterocycles. The molecule has 0 bridgehead atoms. The van der Waals surface area contributed by atoms with E-state index in [1.165, 1.54) is 0 Å². The van der Waals surface area contributed by atoms with Gasteiger partial charge in [0, 0.05) is 26.7 Å². The lowest BCUT2D eigenvalue weighted by atomic mass is 10.1. The molecular weight excluding hydrogens is 220 g/mol. The number of methoxy groups -OCH3 is 1. The molecule has 2 N–H and O–H groups in total. The Kier molecular flexibility index (Phi) is 7.96. The number of nitrogens with one attached hydrogen (secondary N) is 2. The normalized spacial score (nSPS) is 17.0. The van der Waals surface area contributed by atoms with Crippen molar-refractivity contribution in [1.82, 2.24) is 10.6 Å². The predicted octanol–water partition coefficient (Wildman–Crippen LogP) is 0.298. The number of carbonyl (C=O) groups excluding carboxylic acids is 1. The van der Waals surface area contributed by atoms with Crippen molar-refractivity contribution in [3.05, 3.63) is 0 Å². The highest BCUT2D eigenvalue weighted by atomic mass is 16.5. The van der Waals surface area contributed by atoms with Gasteiger partial charge in [-0.25, -0.2) is 0 Å². The molecule has 5 nitrogen and oxygen atoms in total. The molecule has 0 saturated carbocycles. The maximum atomic E-state index is 11.2. The molecule has 1 saturated heterocycles. The van der Waals surface area contributed by atoms with Crippen LogP contribution in [-0.4, -0.2) is 52.0 Å². The maximum Gasteiger partial charge on any atom is 0.222 e. The largest absolute Gasteiger partial charge is 0.384 e. The summed E-state index contributed by atoms with van der Waals surface area (Å²) in [7, 11) is 1.60. The second-order valence-electron chi connectivity index (χ2n) is 4.27. The number of amides is 1. The lowest BCUT2D eigenvalue weighted by Gasteiger charge is -2.22. The molecule has 17 heavy (non-hydrogen) atoms. The summed E-state index contributed by atoms with van der Waals surface area (Å²) < 4.78 is 10.6. The minimum Gasteiger partial charge on any atom is -0.384 e. The third kappa shape index (κ3) is 7.31. The second kappa shape index (κ2) is 9.39. The first-order valence-corrected chi connectivity index (χ1v) is 6.41. The predicted molar refractivity (Wildman–Crippen MR) is 66.0 cm³/mol. The first-order valence-electron chi connectivity index (χ1n) is 6.41. The summed E-state index contributed by atoms with van der Waals surface area (Å²) in [5.74, 6) is 0.0497. The Bertz CT molecular complexity index is 206. The summed E-state index contributed by atoms with van der Waals surface area (Å²) in [6, 6.07) is 0. The quantitative estimate of drug-likeness (QED) is 0.603. The van der Waals surface area contributed by atoms with Gasteiger partial charge < -0.3 is 20.1 Å². The highest BCUT2D eigenvalue weighted by molar-refractivity contribution is 5.75. The molecule has 0 aromatic rings. The standard InChI is InChI=1S/C12H24N2O3/c1-16-10-5-12(15)14-6-2-9-17-11-3-7-13-8-4-11/h11,13H,2-10H2,1H3,(H,14,15). The zero-order valence-corrected chi connectivity index (χ0v) is 10.7. The Balaban J connectivity index is 1.88. The van der Waals surface area contributed by atoms with Crippen LogP contribution in [0.5, 0.6) is 0 Å². The van der Waals surface area contributed by atoms with Gasteiger partial charge in [-0.05, 0) is 32.4 Å². The van der Waals surface area contributed by atoms with Gasteiger partial charge in [-0.3, -0.25) is 4.79 Å². The van der Waals surface area contributed by atoms with Crippen molar-refractivity contribution in [2.75, 3.05) is 40.0 Å². The lowest BCUT2D eigenvalue weighted by molar-refractivity contribution is -0.122. The Morgan fingerprint density at radius 3 is 2.82 bits per heavy atom. The van der Waals surface area contributed by atoms with Crippen LogP contribution in [0.4, 0.5) is 0 Å². The van der Waals surface area contributed by atoms with Crippen LogP contribution < -0.4 is 10.6 Å². The molecule has 100 valence electrons. The van der Waals surface area contributed by atoms with Crippen molar-refractivity contribution in [1.29, 1.82) is 0 Å². The van der Waals surface area contributed by atoms with E-state index in [2.05, 4.69) is 10.6 Å². The summed E-state index contributed by atoms with van der Waals surface area (Å²) in [5.41, 5.74) is 0. The fourth-order valence-electron chi connectivity index (χ4n) is 1.80. The number of piperidine rings is 1. The second-order valence-corrected chi connectivity index (χ2v) is 4.27. The van der Waals surface area contributed by atoms with Crippen LogP contribution in [0.3, 0.4) is 0 Å². The van der Waals surface area contributed by atoms with Crippen molar-refractivity contribution < 1.29 is 14.3 Å². The van der Waals surface area contributed by atoms with Crippen LogP contribution in [0.2, 0.25) is 0 Å². The third-order valence-electron chi connectivity index (χ3n) is 2.82. The van der Waals surface area contributed by atoms with Gasteiger partial charge in [0.15, 0.2) is 0 Å². The van der Waals surface area contributed by atoms with Gasteiger partial charge in [0.05, 0.1) is 12.7 Å². The first kappa shape index (κ1) is 14.4. The SMILES string of the molecule is COCCC(=O)NCCCOC1CCNCC1. The van der Waals surface area contributed by atoms with Crippen molar-refractivity contribution in [3.63, 3.8) is 0 Å². The van der Waals surface area contributed by atoms with Crippen molar-refractivity contribution in [3.8, 4) is 0 Å². The van der Waals surface area contributed by atoms with E-state index < -0.39 is 0 Å². The van der Waals surface area contributed by atoms with Gasteiger partial charge in [0.2, 0.25) is 5.91 Å². The molecule has 1 amide bonds. The van der Waals surface area contributed by atoms with Gasteiger partial charge in [-0.2, -0.15) is 0 Å². The third-order valence-corrected chi connectivity index (χ3v) is 2.82. The van der Waals surface area contributed by atoms with E-state index in [0.717, 1.165) is 39.0 Å². The molecule has 1 fully saturated rings. The first-order chi connectivity index (χ1) is 8.33. The van der Waals surface area contributed by atoms with Crippen LogP contribution in [0.1, 0.15) is 25.7 Å². The molecule has 0 atom stereocenters. The van der Waals surface area contributed by atoms with Gasteiger partial charge in [-0.15, -0.1) is 0 Å². The van der Waals surface area contributed by atoms with E-state index >= 15 is 0 Å². The van der Waals surface area contributed by atoms with Gasteiger partial charge in [-0.1, -0.05) is 0 Å². The van der Waals surface area contributed by atoms with Crippen LogP contribution in [-0.2, 0) is 14.3 Å². The highest BCUT2D eigenvalue weighted by Gasteiger charge is 2.12. The molecule has 1 aliphatic rings. The maximum absolute atomic E-state index is 11.2. The van der Waals surface area contributed by atoms with E-state index in [0.29, 0.717) is 25.7 Å². The average molecular weight is 244 g/mol. The molecule has 1 heterocycles. The summed E-state index contributed by atoms with van der Waals surface area (Å²) >= 11 is 0. The molecule has 1 aliphatic heterocycles. The zero-order valence-electron chi connectivity index (χ0n) is 10.7. The minimum absolute atomic E-state index is 0.0497. The van der Waals surface area contributed by atoms with Gasteiger partial charge >= 0.3 is 0 Å². The molecule has 0 aromatic carbocycles. The number of rotatable bonds is 8. The number of carbonyl (C=O) groups is 1. The summed E-state index contributed by atoms with van der Waals surface area (Å²) in [6.07, 6.45) is 3.91. The number of ether oxygens (including phenoxy) is 2. The lowest BCUT2D eigenvalue weighted by Crippen LogP contribution is -2.33. The number of hydrogen-bond acceptors (Lipinski definition) is 4. The van der Waals surface area contributed by atoms with E-state index in [1.54, 1.807) is 7.11 Å². The zero-order chi connectivity index (χ0) is 12.3. The summed E-state index contributed by atoms with van der Waals surface area (Å²) in [4.78, 5) is 11.2. The van der Waals surface area contributed by atoms with Crippen LogP contribution in [0.25, 0.3) is 0 Å². The fraction of sp³-hybridized carbons (Fsp3) is 0.917. The fourth-order valence-corrected chi connectivity index (χ4v) is 1.80. The van der Waals surface area contributed by atoms with E-state index in [4.69, 9.17) is 9.47 Å². The molecule has 5 heteroatoms. The van der Waals surface area contributed by atoms with Crippen molar-refractivity contribution in [2.45, 2.75) is 31.8 Å². The minimum atomic E-state index is 0.0497. The van der Waals surface area contributed by atoms with Crippen LogP contribution in [0.15, 0.2) is 0 Å². The van der Waals surface area contributed by atoms with Crippen LogP contribution >= 0.6 is 0 Å². The van der Waals surface area contributed by atoms with Gasteiger partial charge in [0.25, 0.3) is 0 Å². The van der Waals surface area contributed by atoms with E-state index in [-0.39, 0.29) is 5.91 Å². The molecule has 0 unspecified atom stereocenters. The van der Waals surface area contributed by atoms with Crippen LogP contribution in [0, 0.1) is 0 Å². The molecule has 1 rings (SSSR count). The smallest absolute Gasteiger partial charge is 0.222 e. The van der Waals surface area contributed by atoms with Crippen molar-refractivity contribution >= 4 is 5.91 Å². The Hall–Kier alpha value is -0.650. The Labute approximate surface area is 103 Å². The Morgan fingerprint density at radius 1 is 1.35 bits per heavy atom. The molecule has 0 radical (unpaired) electrons. The topological polar surface area (TPSA) is 59.6 Å². The monoisotopic (exact) mass is 244 g/mol.